The third-order valence-corrected chi connectivity index (χ3v) is 8.10. The predicted molar refractivity (Wildman–Crippen MR) is 189 cm³/mol. The minimum atomic E-state index is -0.383. The first-order valence-electron chi connectivity index (χ1n) is 18.1. The number of hydrogen-bond acceptors (Lipinski definition) is 0. The van der Waals surface area contributed by atoms with Crippen molar-refractivity contribution in [3.05, 3.63) is 182 Å². The van der Waals surface area contributed by atoms with Crippen LogP contribution in [0.5, 0.6) is 0 Å². The topological polar surface area (TPSA) is 0 Å². The van der Waals surface area contributed by atoms with E-state index < -0.39 is 0 Å². The first-order chi connectivity index (χ1) is 24.8. The van der Waals surface area contributed by atoms with Gasteiger partial charge in [0.25, 0.3) is 0 Å². The van der Waals surface area contributed by atoms with Gasteiger partial charge in [0.15, 0.2) is 0 Å². The molecule has 0 aliphatic carbocycles. The molecular formula is C44H30. The quantitative estimate of drug-likeness (QED) is 0.182. The Balaban J connectivity index is 1.52. The molecule has 0 aliphatic heterocycles. The molecule has 44 heavy (non-hydrogen) atoms. The summed E-state index contributed by atoms with van der Waals surface area (Å²) >= 11 is 0. The molecule has 0 saturated heterocycles. The highest BCUT2D eigenvalue weighted by atomic mass is 14.2. The van der Waals surface area contributed by atoms with Gasteiger partial charge < -0.3 is 0 Å². The lowest BCUT2D eigenvalue weighted by Gasteiger charge is -2.19. The summed E-state index contributed by atoms with van der Waals surface area (Å²) in [7, 11) is 0. The molecule has 0 nitrogen and oxygen atoms in total. The molecule has 0 aliphatic rings. The third kappa shape index (κ3) is 4.68. The summed E-state index contributed by atoms with van der Waals surface area (Å²) in [4.78, 5) is 0. The number of fused-ring (bicyclic) bond motifs is 2. The lowest BCUT2D eigenvalue weighted by molar-refractivity contribution is 1.58. The van der Waals surface area contributed by atoms with Gasteiger partial charge in [0.2, 0.25) is 0 Å². The first-order valence-corrected chi connectivity index (χ1v) is 14.6. The van der Waals surface area contributed by atoms with Crippen LogP contribution in [0.1, 0.15) is 9.60 Å². The predicted octanol–water partition coefficient (Wildman–Crippen LogP) is 12.3. The van der Waals surface area contributed by atoms with Crippen molar-refractivity contribution < 1.29 is 9.60 Å². The van der Waals surface area contributed by atoms with Crippen molar-refractivity contribution in [1.82, 2.24) is 0 Å². The molecule has 0 spiro atoms. The molecule has 0 radical (unpaired) electrons. The van der Waals surface area contributed by atoms with Gasteiger partial charge in [-0.3, -0.25) is 0 Å². The van der Waals surface area contributed by atoms with Crippen molar-refractivity contribution in [3.8, 4) is 55.6 Å². The van der Waals surface area contributed by atoms with Gasteiger partial charge in [-0.2, -0.15) is 0 Å². The van der Waals surface area contributed by atoms with Crippen LogP contribution in [0, 0.1) is 0 Å². The standard InChI is InChI=1S/C44H30/c1-4-13-31(14-5-1)33-23-25-34(26-24-33)36-19-12-20-38(29-36)44-40-22-11-10-21-39(40)43(35-17-8-3-9-18-35)41-28-27-37(30-42(41)44)32-15-6-2-7-16-32/h1-30H/i10D,11D,21D,22D,27D,28D,30D. The van der Waals surface area contributed by atoms with Gasteiger partial charge in [0, 0.05) is 0 Å². The summed E-state index contributed by atoms with van der Waals surface area (Å²) < 4.78 is 64.6. The molecule has 0 saturated carbocycles. The van der Waals surface area contributed by atoms with E-state index in [0.29, 0.717) is 44.2 Å². The Morgan fingerprint density at radius 1 is 0.295 bits per heavy atom. The molecule has 0 unspecified atom stereocenters. The van der Waals surface area contributed by atoms with Gasteiger partial charge in [-0.15, -0.1) is 0 Å². The molecule has 8 aromatic rings. The molecule has 0 bridgehead atoms. The zero-order valence-electron chi connectivity index (χ0n) is 30.8. The molecule has 0 fully saturated rings. The molecule has 0 atom stereocenters. The van der Waals surface area contributed by atoms with Crippen molar-refractivity contribution in [2.24, 2.45) is 0 Å². The summed E-state index contributed by atoms with van der Waals surface area (Å²) in [5.74, 6) is 0. The van der Waals surface area contributed by atoms with Crippen molar-refractivity contribution in [3.63, 3.8) is 0 Å². The van der Waals surface area contributed by atoms with Crippen molar-refractivity contribution >= 4 is 21.5 Å². The van der Waals surface area contributed by atoms with E-state index >= 15 is 0 Å². The van der Waals surface area contributed by atoms with Crippen LogP contribution in [0.15, 0.2) is 182 Å². The molecular weight excluding hydrogens is 528 g/mol. The second-order valence-electron chi connectivity index (χ2n) is 10.8. The van der Waals surface area contributed by atoms with E-state index in [1.807, 2.05) is 103 Å². The van der Waals surface area contributed by atoms with Crippen LogP contribution in [-0.2, 0) is 0 Å². The van der Waals surface area contributed by atoms with Gasteiger partial charge in [-0.1, -0.05) is 170 Å². The fourth-order valence-electron chi connectivity index (χ4n) is 5.99. The third-order valence-electron chi connectivity index (χ3n) is 8.10. The van der Waals surface area contributed by atoms with E-state index in [4.69, 9.17) is 2.74 Å². The Morgan fingerprint density at radius 2 is 0.727 bits per heavy atom. The van der Waals surface area contributed by atoms with Gasteiger partial charge in [0.1, 0.15) is 0 Å². The number of hydrogen-bond donors (Lipinski definition) is 0. The van der Waals surface area contributed by atoms with Crippen LogP contribution in [0.4, 0.5) is 0 Å². The Kier molecular flexibility index (Phi) is 4.94. The van der Waals surface area contributed by atoms with Crippen LogP contribution in [0.3, 0.4) is 0 Å². The van der Waals surface area contributed by atoms with E-state index in [9.17, 15) is 6.85 Å². The normalized spacial score (nSPS) is 13.4. The molecule has 0 heteroatoms. The minimum absolute atomic E-state index is 0.0244. The molecule has 8 aromatic carbocycles. The average molecular weight is 566 g/mol. The average Bonchev–Trinajstić information content (AvgIpc) is 3.18. The Morgan fingerprint density at radius 3 is 1.34 bits per heavy atom. The summed E-state index contributed by atoms with van der Waals surface area (Å²) in [6.45, 7) is 0. The van der Waals surface area contributed by atoms with Gasteiger partial charge in [0.05, 0.1) is 9.60 Å². The van der Waals surface area contributed by atoms with E-state index in [1.165, 1.54) is 0 Å². The SMILES string of the molecule is [2H]c1c([2H])c([2H])c2c(-c3cccc(-c4ccc(-c5ccccc5)cc4)c3)c3c([2H])c(-c4ccccc4)c([2H])c([2H])c3c(-c3ccccc3)c2c1[2H]. The van der Waals surface area contributed by atoms with Crippen molar-refractivity contribution in [1.29, 1.82) is 0 Å². The zero-order chi connectivity index (χ0) is 35.4. The van der Waals surface area contributed by atoms with Crippen molar-refractivity contribution in [2.75, 3.05) is 0 Å². The van der Waals surface area contributed by atoms with Gasteiger partial charge >= 0.3 is 0 Å². The summed E-state index contributed by atoms with van der Waals surface area (Å²) in [5.41, 5.74) is 7.08. The van der Waals surface area contributed by atoms with Crippen molar-refractivity contribution in [2.45, 2.75) is 0 Å². The van der Waals surface area contributed by atoms with Gasteiger partial charge in [-0.25, -0.2) is 0 Å². The van der Waals surface area contributed by atoms with Crippen LogP contribution >= 0.6 is 0 Å². The lowest BCUT2D eigenvalue weighted by atomic mass is 9.84. The zero-order valence-corrected chi connectivity index (χ0v) is 23.8. The Bertz CT molecular complexity index is 2620. The highest BCUT2D eigenvalue weighted by molar-refractivity contribution is 6.22. The Labute approximate surface area is 268 Å². The first kappa shape index (κ1) is 19.5. The van der Waals surface area contributed by atoms with Crippen LogP contribution in [0.25, 0.3) is 77.2 Å². The highest BCUT2D eigenvalue weighted by Gasteiger charge is 2.18. The van der Waals surface area contributed by atoms with E-state index in [-0.39, 0.29) is 53.1 Å². The number of benzene rings is 8. The monoisotopic (exact) mass is 565 g/mol. The fourth-order valence-corrected chi connectivity index (χ4v) is 5.99. The van der Waals surface area contributed by atoms with Crippen LogP contribution < -0.4 is 0 Å². The van der Waals surface area contributed by atoms with Gasteiger partial charge in [-0.05, 0) is 89.3 Å². The smallest absolute Gasteiger partial charge is 0.0622 e. The summed E-state index contributed by atoms with van der Waals surface area (Å²) in [6.07, 6.45) is 0. The maximum absolute atomic E-state index is 9.79. The minimum Gasteiger partial charge on any atom is -0.0622 e. The highest BCUT2D eigenvalue weighted by Crippen LogP contribution is 2.45. The lowest BCUT2D eigenvalue weighted by Crippen LogP contribution is -1.92. The second-order valence-corrected chi connectivity index (χ2v) is 10.8. The van der Waals surface area contributed by atoms with E-state index in [2.05, 4.69) is 36.4 Å². The van der Waals surface area contributed by atoms with Crippen LogP contribution in [0.2, 0.25) is 0 Å². The number of rotatable bonds is 5. The maximum atomic E-state index is 9.79. The second kappa shape index (κ2) is 11.2. The maximum Gasteiger partial charge on any atom is 0.0636 e. The molecule has 0 aromatic heterocycles. The molecule has 8 rings (SSSR count). The van der Waals surface area contributed by atoms with E-state index in [0.717, 1.165) is 22.3 Å². The summed E-state index contributed by atoms with van der Waals surface area (Å²) in [5, 5.41) is 1.20. The molecule has 206 valence electrons. The molecule has 0 heterocycles. The van der Waals surface area contributed by atoms with E-state index in [1.54, 1.807) is 0 Å². The Hall–Kier alpha value is -5.72. The van der Waals surface area contributed by atoms with Crippen LogP contribution in [-0.4, -0.2) is 0 Å². The fraction of sp³-hybridized carbons (Fsp3) is 0. The summed E-state index contributed by atoms with van der Waals surface area (Å²) in [6, 6.07) is 43.1. The largest absolute Gasteiger partial charge is 0.0636 e. The molecule has 0 N–H and O–H groups in total. The molecule has 0 amide bonds.